The van der Waals surface area contributed by atoms with Crippen molar-refractivity contribution in [3.05, 3.63) is 36.4 Å². The van der Waals surface area contributed by atoms with Gasteiger partial charge in [0.05, 0.1) is 12.3 Å². The second-order valence-electron chi connectivity index (χ2n) is 6.63. The summed E-state index contributed by atoms with van der Waals surface area (Å²) < 4.78 is 5.98. The average Bonchev–Trinajstić information content (AvgIpc) is 2.84. The summed E-state index contributed by atoms with van der Waals surface area (Å²) in [6.07, 6.45) is 1.34. The van der Waals surface area contributed by atoms with Crippen molar-refractivity contribution in [1.29, 1.82) is 0 Å². The quantitative estimate of drug-likeness (QED) is 0.775. The second kappa shape index (κ2) is 6.63. The minimum absolute atomic E-state index is 0.126. The number of hydrogen-bond acceptors (Lipinski definition) is 3. The van der Waals surface area contributed by atoms with Gasteiger partial charge in [-0.1, -0.05) is 51.5 Å². The number of anilines is 1. The number of benzene rings is 2. The molecule has 2 aromatic rings. The van der Waals surface area contributed by atoms with Gasteiger partial charge in [0.2, 0.25) is 11.8 Å². The van der Waals surface area contributed by atoms with Crippen LogP contribution in [-0.2, 0) is 9.59 Å². The molecule has 1 heterocycles. The molecule has 2 aromatic carbocycles. The molecule has 126 valence electrons. The van der Waals surface area contributed by atoms with Crippen molar-refractivity contribution < 1.29 is 14.3 Å². The Morgan fingerprint density at radius 3 is 2.50 bits per heavy atom. The zero-order chi connectivity index (χ0) is 17.3. The van der Waals surface area contributed by atoms with E-state index in [2.05, 4.69) is 13.8 Å². The van der Waals surface area contributed by atoms with Gasteiger partial charge in [-0.2, -0.15) is 0 Å². The van der Waals surface area contributed by atoms with E-state index < -0.39 is 0 Å². The van der Waals surface area contributed by atoms with Crippen LogP contribution in [0.4, 0.5) is 5.69 Å². The lowest BCUT2D eigenvalue weighted by Gasteiger charge is -2.19. The largest absolute Gasteiger partial charge is 0.493 e. The topological polar surface area (TPSA) is 46.6 Å². The normalized spacial score (nSPS) is 19.1. The van der Waals surface area contributed by atoms with E-state index in [1.807, 2.05) is 36.4 Å². The highest BCUT2D eigenvalue weighted by molar-refractivity contribution is 6.24. The lowest BCUT2D eigenvalue weighted by atomic mass is 10.1. The van der Waals surface area contributed by atoms with Gasteiger partial charge in [-0.15, -0.1) is 0 Å². The van der Waals surface area contributed by atoms with Crippen molar-refractivity contribution >= 4 is 28.3 Å². The Hall–Kier alpha value is -2.36. The molecule has 4 heteroatoms. The summed E-state index contributed by atoms with van der Waals surface area (Å²) in [5.41, 5.74) is 0.654. The fraction of sp³-hybridized carbons (Fsp3) is 0.400. The SMILES string of the molecule is CCC(C)COc1ccc(N2C(=O)CC(C)C2=O)c2ccccc12. The van der Waals surface area contributed by atoms with Gasteiger partial charge < -0.3 is 4.74 Å². The molecular weight excluding hydrogens is 302 g/mol. The van der Waals surface area contributed by atoms with Gasteiger partial charge in [0, 0.05) is 23.1 Å². The van der Waals surface area contributed by atoms with Crippen LogP contribution in [0.3, 0.4) is 0 Å². The molecule has 0 spiro atoms. The molecule has 1 saturated heterocycles. The number of carbonyl (C=O) groups excluding carboxylic acids is 2. The summed E-state index contributed by atoms with van der Waals surface area (Å²) in [6, 6.07) is 11.5. The van der Waals surface area contributed by atoms with Crippen LogP contribution in [0.1, 0.15) is 33.6 Å². The minimum Gasteiger partial charge on any atom is -0.493 e. The molecule has 1 aliphatic rings. The summed E-state index contributed by atoms with van der Waals surface area (Å²) in [7, 11) is 0. The summed E-state index contributed by atoms with van der Waals surface area (Å²) in [5.74, 6) is 0.759. The predicted molar refractivity (Wildman–Crippen MR) is 95.2 cm³/mol. The van der Waals surface area contributed by atoms with Crippen molar-refractivity contribution in [3.63, 3.8) is 0 Å². The van der Waals surface area contributed by atoms with E-state index in [-0.39, 0.29) is 24.2 Å². The number of amides is 2. The molecule has 0 bridgehead atoms. The van der Waals surface area contributed by atoms with Crippen molar-refractivity contribution in [3.8, 4) is 5.75 Å². The Balaban J connectivity index is 2.03. The van der Waals surface area contributed by atoms with E-state index in [1.54, 1.807) is 6.92 Å². The van der Waals surface area contributed by atoms with Crippen LogP contribution in [0.15, 0.2) is 36.4 Å². The summed E-state index contributed by atoms with van der Waals surface area (Å²) in [4.78, 5) is 25.9. The Bertz CT molecular complexity index is 784. The Morgan fingerprint density at radius 1 is 1.17 bits per heavy atom. The molecule has 2 unspecified atom stereocenters. The van der Waals surface area contributed by atoms with Crippen molar-refractivity contribution in [2.24, 2.45) is 11.8 Å². The van der Waals surface area contributed by atoms with Crippen molar-refractivity contribution in [2.45, 2.75) is 33.6 Å². The fourth-order valence-corrected chi connectivity index (χ4v) is 2.96. The fourth-order valence-electron chi connectivity index (χ4n) is 2.96. The van der Waals surface area contributed by atoms with Crippen LogP contribution in [0, 0.1) is 11.8 Å². The van der Waals surface area contributed by atoms with E-state index in [1.165, 1.54) is 4.90 Å². The number of fused-ring (bicyclic) bond motifs is 1. The highest BCUT2D eigenvalue weighted by Crippen LogP contribution is 2.37. The smallest absolute Gasteiger partial charge is 0.237 e. The number of imide groups is 1. The first-order valence-corrected chi connectivity index (χ1v) is 8.54. The predicted octanol–water partition coefficient (Wildman–Crippen LogP) is 4.16. The number of rotatable bonds is 5. The maximum Gasteiger partial charge on any atom is 0.237 e. The molecule has 2 amide bonds. The first-order valence-electron chi connectivity index (χ1n) is 8.54. The third kappa shape index (κ3) is 2.88. The van der Waals surface area contributed by atoms with E-state index in [0.29, 0.717) is 18.2 Å². The molecule has 1 fully saturated rings. The van der Waals surface area contributed by atoms with Gasteiger partial charge in [-0.25, -0.2) is 4.90 Å². The number of nitrogens with zero attached hydrogens (tertiary/aromatic N) is 1. The Morgan fingerprint density at radius 2 is 1.88 bits per heavy atom. The molecule has 0 saturated carbocycles. The molecule has 1 aliphatic heterocycles. The number of hydrogen-bond donors (Lipinski definition) is 0. The van der Waals surface area contributed by atoms with Gasteiger partial charge in [-0.05, 0) is 18.1 Å². The zero-order valence-corrected chi connectivity index (χ0v) is 14.4. The van der Waals surface area contributed by atoms with Crippen LogP contribution in [-0.4, -0.2) is 18.4 Å². The van der Waals surface area contributed by atoms with E-state index in [4.69, 9.17) is 4.74 Å². The lowest BCUT2D eigenvalue weighted by Crippen LogP contribution is -2.30. The molecule has 0 N–H and O–H groups in total. The van der Waals surface area contributed by atoms with Gasteiger partial charge >= 0.3 is 0 Å². The molecule has 4 nitrogen and oxygen atoms in total. The third-order valence-corrected chi connectivity index (χ3v) is 4.69. The van der Waals surface area contributed by atoms with Crippen LogP contribution in [0.5, 0.6) is 5.75 Å². The molecule has 2 atom stereocenters. The standard InChI is InChI=1S/C20H23NO3/c1-4-13(2)12-24-18-10-9-17(15-7-5-6-8-16(15)18)21-19(22)11-14(3)20(21)23/h5-10,13-14H,4,11-12H2,1-3H3. The molecule has 0 aromatic heterocycles. The number of carbonyl (C=O) groups is 2. The Kier molecular flexibility index (Phi) is 4.56. The van der Waals surface area contributed by atoms with Crippen LogP contribution < -0.4 is 9.64 Å². The molecule has 24 heavy (non-hydrogen) atoms. The lowest BCUT2D eigenvalue weighted by molar-refractivity contribution is -0.122. The summed E-state index contributed by atoms with van der Waals surface area (Å²) in [5, 5.41) is 1.80. The van der Waals surface area contributed by atoms with Crippen LogP contribution >= 0.6 is 0 Å². The van der Waals surface area contributed by atoms with E-state index >= 15 is 0 Å². The monoisotopic (exact) mass is 325 g/mol. The van der Waals surface area contributed by atoms with Gasteiger partial charge in [-0.3, -0.25) is 9.59 Å². The molecule has 0 radical (unpaired) electrons. The minimum atomic E-state index is -0.252. The summed E-state index contributed by atoms with van der Waals surface area (Å²) in [6.45, 7) is 6.74. The van der Waals surface area contributed by atoms with Gasteiger partial charge in [0.15, 0.2) is 0 Å². The third-order valence-electron chi connectivity index (χ3n) is 4.69. The molecule has 0 aliphatic carbocycles. The van der Waals surface area contributed by atoms with Crippen molar-refractivity contribution in [1.82, 2.24) is 0 Å². The van der Waals surface area contributed by atoms with Crippen LogP contribution in [0.25, 0.3) is 10.8 Å². The zero-order valence-electron chi connectivity index (χ0n) is 14.4. The summed E-state index contributed by atoms with van der Waals surface area (Å²) >= 11 is 0. The Labute approximate surface area is 142 Å². The maximum atomic E-state index is 12.4. The molecule has 3 rings (SSSR count). The molecular formula is C20H23NO3. The van der Waals surface area contributed by atoms with Crippen molar-refractivity contribution in [2.75, 3.05) is 11.5 Å². The van der Waals surface area contributed by atoms with E-state index in [0.717, 1.165) is 22.9 Å². The first kappa shape index (κ1) is 16.5. The van der Waals surface area contributed by atoms with Gasteiger partial charge in [0.25, 0.3) is 0 Å². The van der Waals surface area contributed by atoms with E-state index in [9.17, 15) is 9.59 Å². The number of ether oxygens (including phenoxy) is 1. The average molecular weight is 325 g/mol. The highest BCUT2D eigenvalue weighted by Gasteiger charge is 2.37. The highest BCUT2D eigenvalue weighted by atomic mass is 16.5. The van der Waals surface area contributed by atoms with Gasteiger partial charge in [0.1, 0.15) is 5.75 Å². The maximum absolute atomic E-state index is 12.4. The van der Waals surface area contributed by atoms with Crippen LogP contribution in [0.2, 0.25) is 0 Å². The first-order chi connectivity index (χ1) is 11.5. The second-order valence-corrected chi connectivity index (χ2v) is 6.63.